The molecule has 26 heavy (non-hydrogen) atoms. The first-order valence-electron chi connectivity index (χ1n) is 9.30. The number of nitrogens with zero attached hydrogens (tertiary/aromatic N) is 5. The minimum atomic E-state index is -0.115. The van der Waals surface area contributed by atoms with Gasteiger partial charge in [0.2, 0.25) is 0 Å². The summed E-state index contributed by atoms with van der Waals surface area (Å²) in [6.07, 6.45) is 9.16. The molecule has 3 aliphatic rings. The number of anilines is 1. The highest BCUT2D eigenvalue weighted by molar-refractivity contribution is 5.51. The molecule has 7 nitrogen and oxygen atoms in total. The summed E-state index contributed by atoms with van der Waals surface area (Å²) in [7, 11) is 0. The highest BCUT2D eigenvalue weighted by Gasteiger charge is 2.46. The van der Waals surface area contributed by atoms with E-state index in [4.69, 9.17) is 4.98 Å². The Kier molecular flexibility index (Phi) is 3.36. The van der Waals surface area contributed by atoms with E-state index in [-0.39, 0.29) is 11.0 Å². The Bertz CT molecular complexity index is 973. The smallest absolute Gasteiger partial charge is 0.254 e. The number of rotatable bonds is 2. The lowest BCUT2D eigenvalue weighted by Crippen LogP contribution is -2.46. The van der Waals surface area contributed by atoms with Gasteiger partial charge in [0, 0.05) is 42.4 Å². The number of nitrogens with one attached hydrogen (secondary N) is 1. The van der Waals surface area contributed by atoms with Crippen LogP contribution in [0, 0.1) is 11.3 Å². The van der Waals surface area contributed by atoms with Crippen molar-refractivity contribution in [3.63, 3.8) is 0 Å². The van der Waals surface area contributed by atoms with Gasteiger partial charge in [-0.3, -0.25) is 4.79 Å². The molecule has 1 saturated carbocycles. The van der Waals surface area contributed by atoms with Gasteiger partial charge in [0.25, 0.3) is 5.56 Å². The van der Waals surface area contributed by atoms with Crippen molar-refractivity contribution >= 4 is 5.82 Å². The first-order chi connectivity index (χ1) is 12.7. The molecule has 3 heterocycles. The minimum Gasteiger partial charge on any atom is -0.353 e. The largest absolute Gasteiger partial charge is 0.353 e. The van der Waals surface area contributed by atoms with Crippen LogP contribution >= 0.6 is 0 Å². The van der Waals surface area contributed by atoms with E-state index in [1.54, 1.807) is 12.4 Å². The van der Waals surface area contributed by atoms with Crippen molar-refractivity contribution in [2.45, 2.75) is 49.9 Å². The van der Waals surface area contributed by atoms with E-state index in [9.17, 15) is 10.1 Å². The first-order valence-corrected chi connectivity index (χ1v) is 9.30. The fraction of sp³-hybridized carbons (Fsp3) is 0.526. The van der Waals surface area contributed by atoms with Crippen molar-refractivity contribution in [2.24, 2.45) is 0 Å². The lowest BCUT2D eigenvalue weighted by Gasteiger charge is -2.41. The second kappa shape index (κ2) is 5.63. The maximum Gasteiger partial charge on any atom is 0.254 e. The second-order valence-corrected chi connectivity index (χ2v) is 7.70. The van der Waals surface area contributed by atoms with Crippen LogP contribution in [0.5, 0.6) is 0 Å². The van der Waals surface area contributed by atoms with Crippen LogP contribution in [0.1, 0.15) is 60.8 Å². The van der Waals surface area contributed by atoms with Crippen LogP contribution in [0.3, 0.4) is 0 Å². The molecule has 7 heteroatoms. The highest BCUT2D eigenvalue weighted by atomic mass is 16.1. The van der Waals surface area contributed by atoms with Crippen molar-refractivity contribution in [3.05, 3.63) is 45.5 Å². The summed E-state index contributed by atoms with van der Waals surface area (Å²) >= 11 is 0. The molecule has 1 atom stereocenters. The molecule has 5 rings (SSSR count). The summed E-state index contributed by atoms with van der Waals surface area (Å²) in [5, 5.41) is 9.37. The molecule has 0 aromatic carbocycles. The average Bonchev–Trinajstić information content (AvgIpc) is 3.47. The monoisotopic (exact) mass is 348 g/mol. The lowest BCUT2D eigenvalue weighted by molar-refractivity contribution is 0.332. The van der Waals surface area contributed by atoms with Gasteiger partial charge >= 0.3 is 0 Å². The van der Waals surface area contributed by atoms with Crippen molar-refractivity contribution < 1.29 is 0 Å². The third-order valence-electron chi connectivity index (χ3n) is 6.01. The Morgan fingerprint density at radius 1 is 1.27 bits per heavy atom. The van der Waals surface area contributed by atoms with E-state index in [0.29, 0.717) is 17.4 Å². The van der Waals surface area contributed by atoms with Crippen LogP contribution in [-0.4, -0.2) is 33.0 Å². The standard InChI is InChI=1S/C19H20N6O/c20-10-14-17(22-8-7-21-14)25-9-1-5-19(11-25)6-4-13-15(19)23-16(12-2-3-12)24-18(13)26/h7-8,12H,1-6,9,11H2,(H,23,24,26). The molecule has 2 fully saturated rings. The third kappa shape index (κ3) is 2.32. The van der Waals surface area contributed by atoms with Gasteiger partial charge < -0.3 is 9.88 Å². The molecular weight excluding hydrogens is 328 g/mol. The Morgan fingerprint density at radius 2 is 2.12 bits per heavy atom. The molecule has 1 saturated heterocycles. The Morgan fingerprint density at radius 3 is 2.92 bits per heavy atom. The highest BCUT2D eigenvalue weighted by Crippen LogP contribution is 2.45. The van der Waals surface area contributed by atoms with E-state index in [1.165, 1.54) is 0 Å². The molecule has 0 radical (unpaired) electrons. The van der Waals surface area contributed by atoms with Gasteiger partial charge in [-0.2, -0.15) is 5.26 Å². The molecule has 0 amide bonds. The van der Waals surface area contributed by atoms with Gasteiger partial charge in [0.05, 0.1) is 5.69 Å². The molecule has 1 unspecified atom stereocenters. The number of nitriles is 1. The van der Waals surface area contributed by atoms with Gasteiger partial charge in [0.15, 0.2) is 11.5 Å². The van der Waals surface area contributed by atoms with Gasteiger partial charge in [0.1, 0.15) is 11.9 Å². The number of hydrogen-bond acceptors (Lipinski definition) is 6. The number of piperidine rings is 1. The van der Waals surface area contributed by atoms with E-state index in [2.05, 4.69) is 25.9 Å². The summed E-state index contributed by atoms with van der Waals surface area (Å²) in [4.78, 5) is 31.2. The van der Waals surface area contributed by atoms with Crippen LogP contribution in [0.2, 0.25) is 0 Å². The van der Waals surface area contributed by atoms with E-state index in [0.717, 1.165) is 68.7 Å². The van der Waals surface area contributed by atoms with Gasteiger partial charge in [-0.1, -0.05) is 0 Å². The number of aromatic nitrogens is 4. The van der Waals surface area contributed by atoms with Crippen molar-refractivity contribution in [1.82, 2.24) is 19.9 Å². The van der Waals surface area contributed by atoms with Crippen LogP contribution in [-0.2, 0) is 11.8 Å². The molecule has 1 aliphatic heterocycles. The van der Waals surface area contributed by atoms with Crippen LogP contribution < -0.4 is 10.5 Å². The zero-order chi connectivity index (χ0) is 17.7. The summed E-state index contributed by atoms with van der Waals surface area (Å²) in [6.45, 7) is 1.59. The van der Waals surface area contributed by atoms with Crippen molar-refractivity contribution in [3.8, 4) is 6.07 Å². The molecule has 1 N–H and O–H groups in total. The summed E-state index contributed by atoms with van der Waals surface area (Å²) in [5.41, 5.74) is 2.14. The van der Waals surface area contributed by atoms with Crippen molar-refractivity contribution in [1.29, 1.82) is 5.26 Å². The Labute approximate surface area is 151 Å². The van der Waals surface area contributed by atoms with Crippen LogP contribution in [0.4, 0.5) is 5.82 Å². The molecule has 2 aromatic heterocycles. The SMILES string of the molecule is N#Cc1nccnc1N1CCCC2(CCc3c2nc(C2CC2)[nH]c3=O)C1. The van der Waals surface area contributed by atoms with Gasteiger partial charge in [-0.05, 0) is 38.5 Å². The fourth-order valence-electron chi connectivity index (χ4n) is 4.57. The average molecular weight is 348 g/mol. The molecule has 132 valence electrons. The van der Waals surface area contributed by atoms with E-state index in [1.807, 2.05) is 0 Å². The molecule has 2 aromatic rings. The molecular formula is C19H20N6O. The fourth-order valence-corrected chi connectivity index (χ4v) is 4.57. The molecule has 2 aliphatic carbocycles. The van der Waals surface area contributed by atoms with Crippen LogP contribution in [0.25, 0.3) is 0 Å². The second-order valence-electron chi connectivity index (χ2n) is 7.70. The summed E-state index contributed by atoms with van der Waals surface area (Å²) < 4.78 is 0. The van der Waals surface area contributed by atoms with E-state index >= 15 is 0 Å². The maximum atomic E-state index is 12.6. The quantitative estimate of drug-likeness (QED) is 0.888. The minimum absolute atomic E-state index is 0.0446. The van der Waals surface area contributed by atoms with Gasteiger partial charge in [-0.15, -0.1) is 0 Å². The number of hydrogen-bond donors (Lipinski definition) is 1. The number of fused-ring (bicyclic) bond motifs is 2. The third-order valence-corrected chi connectivity index (χ3v) is 6.01. The maximum absolute atomic E-state index is 12.6. The van der Waals surface area contributed by atoms with Crippen LogP contribution in [0.15, 0.2) is 17.2 Å². The predicted molar refractivity (Wildman–Crippen MR) is 95.0 cm³/mol. The number of H-pyrrole nitrogens is 1. The zero-order valence-corrected chi connectivity index (χ0v) is 14.5. The first kappa shape index (κ1) is 15.5. The predicted octanol–water partition coefficient (Wildman–Crippen LogP) is 1.79. The van der Waals surface area contributed by atoms with Crippen molar-refractivity contribution in [2.75, 3.05) is 18.0 Å². The molecule has 0 bridgehead atoms. The molecule has 1 spiro atoms. The zero-order valence-electron chi connectivity index (χ0n) is 14.5. The van der Waals surface area contributed by atoms with Gasteiger partial charge in [-0.25, -0.2) is 15.0 Å². The normalized spacial score (nSPS) is 24.5. The lowest BCUT2D eigenvalue weighted by atomic mass is 9.77. The Balaban J connectivity index is 1.55. The Hall–Kier alpha value is -2.75. The number of aromatic amines is 1. The summed E-state index contributed by atoms with van der Waals surface area (Å²) in [6, 6.07) is 2.15. The topological polar surface area (TPSA) is 98.6 Å². The van der Waals surface area contributed by atoms with E-state index < -0.39 is 0 Å². The summed E-state index contributed by atoms with van der Waals surface area (Å²) in [5.74, 6) is 1.94.